The summed E-state index contributed by atoms with van der Waals surface area (Å²) in [5.74, 6) is -0.300. The van der Waals surface area contributed by atoms with Gasteiger partial charge in [-0.05, 0) is 0 Å². The molecule has 0 spiro atoms. The number of rotatable bonds is 4. The maximum absolute atomic E-state index is 11.0. The van der Waals surface area contributed by atoms with Gasteiger partial charge in [0.2, 0.25) is 0 Å². The topological polar surface area (TPSA) is 65.0 Å². The molecule has 0 saturated carbocycles. The predicted octanol–water partition coefficient (Wildman–Crippen LogP) is -0.0806. The third-order valence-corrected chi connectivity index (χ3v) is 2.45. The highest BCUT2D eigenvalue weighted by Gasteiger charge is 2.36. The molecule has 0 aromatic carbocycles. The van der Waals surface area contributed by atoms with Crippen LogP contribution in [0.25, 0.3) is 0 Å². The molecule has 82 valence electrons. The third-order valence-electron chi connectivity index (χ3n) is 2.45. The zero-order valence-corrected chi connectivity index (χ0v) is 8.43. The molecule has 1 N–H and O–H groups in total. The van der Waals surface area contributed by atoms with Crippen molar-refractivity contribution in [1.29, 1.82) is 0 Å². The Morgan fingerprint density at radius 2 is 2.29 bits per heavy atom. The molecule has 0 aliphatic carbocycles. The third kappa shape index (κ3) is 2.67. The number of esters is 1. The lowest BCUT2D eigenvalue weighted by atomic mass is 9.98. The molecule has 0 aromatic heterocycles. The predicted molar refractivity (Wildman–Crippen MR) is 47.5 cm³/mol. The van der Waals surface area contributed by atoms with Crippen LogP contribution in [0.3, 0.4) is 0 Å². The van der Waals surface area contributed by atoms with Crippen LogP contribution in [0.1, 0.15) is 12.8 Å². The van der Waals surface area contributed by atoms with E-state index in [4.69, 9.17) is 14.6 Å². The number of hydrogen-bond acceptors (Lipinski definition) is 5. The molecule has 1 heterocycles. The highest BCUT2D eigenvalue weighted by molar-refractivity contribution is 5.69. The molecule has 0 aromatic rings. The average molecular weight is 204 g/mol. The van der Waals surface area contributed by atoms with Crippen LogP contribution in [0.4, 0.5) is 0 Å². The van der Waals surface area contributed by atoms with Crippen molar-refractivity contribution in [3.05, 3.63) is 0 Å². The quantitative estimate of drug-likeness (QED) is 0.649. The van der Waals surface area contributed by atoms with E-state index in [1.165, 1.54) is 7.11 Å². The summed E-state index contributed by atoms with van der Waals surface area (Å²) >= 11 is 0. The van der Waals surface area contributed by atoms with Gasteiger partial charge in [-0.1, -0.05) is 0 Å². The van der Waals surface area contributed by atoms with Crippen molar-refractivity contribution in [1.82, 2.24) is 0 Å². The van der Waals surface area contributed by atoms with Gasteiger partial charge >= 0.3 is 5.97 Å². The Bertz CT molecular complexity index is 194. The molecule has 0 unspecified atom stereocenters. The smallest absolute Gasteiger partial charge is 0.305 e. The monoisotopic (exact) mass is 204 g/mol. The fourth-order valence-corrected chi connectivity index (χ4v) is 1.62. The van der Waals surface area contributed by atoms with Gasteiger partial charge in [0.25, 0.3) is 0 Å². The molecule has 0 bridgehead atoms. The molecule has 1 aliphatic heterocycles. The van der Waals surface area contributed by atoms with E-state index in [0.717, 1.165) is 0 Å². The summed E-state index contributed by atoms with van der Waals surface area (Å²) in [6.45, 7) is -0.0957. The van der Waals surface area contributed by atoms with Crippen LogP contribution in [-0.4, -0.2) is 44.3 Å². The van der Waals surface area contributed by atoms with Gasteiger partial charge in [-0.3, -0.25) is 4.79 Å². The zero-order valence-electron chi connectivity index (χ0n) is 8.43. The molecule has 3 atom stereocenters. The largest absolute Gasteiger partial charge is 0.469 e. The highest BCUT2D eigenvalue weighted by Crippen LogP contribution is 2.29. The Hall–Kier alpha value is -0.650. The molecule has 1 fully saturated rings. The molecular formula is C9H16O5. The van der Waals surface area contributed by atoms with Crippen molar-refractivity contribution >= 4 is 5.97 Å². The highest BCUT2D eigenvalue weighted by atomic mass is 16.7. The summed E-state index contributed by atoms with van der Waals surface area (Å²) in [4.78, 5) is 11.0. The van der Waals surface area contributed by atoms with Crippen LogP contribution in [0.2, 0.25) is 0 Å². The maximum atomic E-state index is 11.0. The summed E-state index contributed by atoms with van der Waals surface area (Å²) in [6.07, 6.45) is 0.249. The summed E-state index contributed by atoms with van der Waals surface area (Å²) in [7, 11) is 2.89. The second kappa shape index (κ2) is 5.29. The zero-order chi connectivity index (χ0) is 10.6. The van der Waals surface area contributed by atoms with Crippen molar-refractivity contribution in [3.8, 4) is 0 Å². The molecule has 14 heavy (non-hydrogen) atoms. The lowest BCUT2D eigenvalue weighted by Gasteiger charge is -2.13. The lowest BCUT2D eigenvalue weighted by Crippen LogP contribution is -2.23. The van der Waals surface area contributed by atoms with E-state index < -0.39 is 0 Å². The van der Waals surface area contributed by atoms with E-state index in [0.29, 0.717) is 6.42 Å². The van der Waals surface area contributed by atoms with E-state index in [2.05, 4.69) is 4.74 Å². The first kappa shape index (κ1) is 11.4. The van der Waals surface area contributed by atoms with Crippen LogP contribution in [0.5, 0.6) is 0 Å². The van der Waals surface area contributed by atoms with Crippen molar-refractivity contribution in [2.75, 3.05) is 20.8 Å². The second-order valence-corrected chi connectivity index (χ2v) is 3.30. The molecule has 1 saturated heterocycles. The first-order chi connectivity index (χ1) is 6.71. The number of aliphatic hydroxyl groups excluding tert-OH is 1. The summed E-state index contributed by atoms with van der Waals surface area (Å²) in [5, 5.41) is 9.00. The van der Waals surface area contributed by atoms with Crippen LogP contribution < -0.4 is 0 Å². The van der Waals surface area contributed by atoms with Gasteiger partial charge in [-0.15, -0.1) is 0 Å². The first-order valence-electron chi connectivity index (χ1n) is 4.57. The maximum Gasteiger partial charge on any atom is 0.305 e. The first-order valence-corrected chi connectivity index (χ1v) is 4.57. The lowest BCUT2D eigenvalue weighted by molar-refractivity contribution is -0.143. The van der Waals surface area contributed by atoms with Crippen molar-refractivity contribution in [3.63, 3.8) is 0 Å². The molecular weight excluding hydrogens is 188 g/mol. The van der Waals surface area contributed by atoms with E-state index >= 15 is 0 Å². The Morgan fingerprint density at radius 1 is 1.57 bits per heavy atom. The second-order valence-electron chi connectivity index (χ2n) is 3.30. The van der Waals surface area contributed by atoms with Gasteiger partial charge in [0, 0.05) is 19.4 Å². The van der Waals surface area contributed by atoms with E-state index in [9.17, 15) is 4.79 Å². The van der Waals surface area contributed by atoms with Gasteiger partial charge in [0.05, 0.1) is 26.2 Å². The molecule has 0 amide bonds. The van der Waals surface area contributed by atoms with E-state index in [1.807, 2.05) is 0 Å². The molecule has 1 aliphatic rings. The van der Waals surface area contributed by atoms with Crippen molar-refractivity contribution in [2.45, 2.75) is 25.2 Å². The number of hydrogen-bond donors (Lipinski definition) is 1. The Balaban J connectivity index is 2.46. The molecule has 5 nitrogen and oxygen atoms in total. The van der Waals surface area contributed by atoms with Crippen molar-refractivity contribution < 1.29 is 24.1 Å². The summed E-state index contributed by atoms with van der Waals surface area (Å²) in [5.41, 5.74) is 0. The minimum absolute atomic E-state index is 0.0163. The Kier molecular flexibility index (Phi) is 4.31. The van der Waals surface area contributed by atoms with E-state index in [1.54, 1.807) is 7.11 Å². The van der Waals surface area contributed by atoms with Crippen LogP contribution >= 0.6 is 0 Å². The van der Waals surface area contributed by atoms with Gasteiger partial charge in [-0.25, -0.2) is 0 Å². The average Bonchev–Trinajstić information content (AvgIpc) is 2.60. The standard InChI is InChI=1S/C9H16O5/c1-12-8(11)3-6-4-9(13-2)14-7(6)5-10/h6-7,9-10H,3-5H2,1-2H3/t6-,7+,9+/m0/s1. The summed E-state index contributed by atoms with van der Waals surface area (Å²) < 4.78 is 14.9. The van der Waals surface area contributed by atoms with E-state index in [-0.39, 0.29) is 37.3 Å². The van der Waals surface area contributed by atoms with Gasteiger partial charge in [-0.2, -0.15) is 0 Å². The van der Waals surface area contributed by atoms with Gasteiger partial charge in [0.1, 0.15) is 0 Å². The molecule has 0 radical (unpaired) electrons. The van der Waals surface area contributed by atoms with Crippen LogP contribution in [0, 0.1) is 5.92 Å². The number of ether oxygens (including phenoxy) is 3. The van der Waals surface area contributed by atoms with Gasteiger partial charge in [0.15, 0.2) is 6.29 Å². The van der Waals surface area contributed by atoms with Crippen LogP contribution in [0.15, 0.2) is 0 Å². The van der Waals surface area contributed by atoms with Crippen molar-refractivity contribution in [2.24, 2.45) is 5.92 Å². The fraction of sp³-hybridized carbons (Fsp3) is 0.889. The number of carbonyl (C=O) groups is 1. The molecule has 5 heteroatoms. The minimum Gasteiger partial charge on any atom is -0.469 e. The van der Waals surface area contributed by atoms with Crippen LogP contribution in [-0.2, 0) is 19.0 Å². The molecule has 1 rings (SSSR count). The van der Waals surface area contributed by atoms with Gasteiger partial charge < -0.3 is 19.3 Å². The number of carbonyl (C=O) groups excluding carboxylic acids is 1. The number of methoxy groups -OCH3 is 2. The fourth-order valence-electron chi connectivity index (χ4n) is 1.62. The normalized spacial score (nSPS) is 31.8. The Labute approximate surface area is 82.9 Å². The number of aliphatic hydroxyl groups is 1. The minimum atomic E-state index is -0.320. The summed E-state index contributed by atoms with van der Waals surface area (Å²) in [6, 6.07) is 0. The SMILES string of the molecule is COC(=O)C[C@H]1C[C@H](OC)O[C@@H]1CO. The Morgan fingerprint density at radius 3 is 2.79 bits per heavy atom.